The van der Waals surface area contributed by atoms with E-state index in [2.05, 4.69) is 25.0 Å². The first-order chi connectivity index (χ1) is 14.8. The van der Waals surface area contributed by atoms with Crippen LogP contribution in [0.15, 0.2) is 30.7 Å². The van der Waals surface area contributed by atoms with Gasteiger partial charge in [0.25, 0.3) is 16.6 Å². The molecule has 2 atom stereocenters. The topological polar surface area (TPSA) is 123 Å². The van der Waals surface area contributed by atoms with Gasteiger partial charge in [-0.25, -0.2) is 33.4 Å². The van der Waals surface area contributed by atoms with Crippen molar-refractivity contribution in [2.45, 2.75) is 25.3 Å². The predicted molar refractivity (Wildman–Crippen MR) is 108 cm³/mol. The maximum absolute atomic E-state index is 13.1. The molecule has 0 aliphatic carbocycles. The summed E-state index contributed by atoms with van der Waals surface area (Å²) < 4.78 is 52.5. The number of nitrogens with zero attached hydrogens (tertiary/aromatic N) is 7. The zero-order chi connectivity index (χ0) is 21.8. The standard InChI is InChI=1S/C18H20F2N8O2S/c19-18(20)12-3-4-16-22-7-14(28(16)25-12)13-6-17(24-10-23-13)27-5-1-2-11-8-26(9-15(11)27)31(21,29)30/h3-4,6-7,10-11,15,18H,1-2,5,8-9H2,(H2,21,29,30). The van der Waals surface area contributed by atoms with E-state index < -0.39 is 16.6 Å². The van der Waals surface area contributed by atoms with Crippen molar-refractivity contribution in [1.82, 2.24) is 28.9 Å². The minimum Gasteiger partial charge on any atom is -0.352 e. The van der Waals surface area contributed by atoms with E-state index in [1.807, 2.05) is 0 Å². The monoisotopic (exact) mass is 450 g/mol. The van der Waals surface area contributed by atoms with Crippen LogP contribution in [0, 0.1) is 5.92 Å². The van der Waals surface area contributed by atoms with Gasteiger partial charge in [-0.1, -0.05) is 0 Å². The van der Waals surface area contributed by atoms with Crippen molar-refractivity contribution >= 4 is 21.7 Å². The highest BCUT2D eigenvalue weighted by atomic mass is 32.2. The van der Waals surface area contributed by atoms with Crippen molar-refractivity contribution in [3.8, 4) is 11.4 Å². The number of alkyl halides is 2. The summed E-state index contributed by atoms with van der Waals surface area (Å²) in [5.41, 5.74) is 1.03. The minimum absolute atomic E-state index is 0.0411. The first kappa shape index (κ1) is 20.2. The van der Waals surface area contributed by atoms with Crippen molar-refractivity contribution in [3.63, 3.8) is 0 Å². The molecule has 31 heavy (non-hydrogen) atoms. The maximum atomic E-state index is 13.1. The minimum atomic E-state index is -3.75. The molecule has 0 amide bonds. The van der Waals surface area contributed by atoms with Crippen LogP contribution < -0.4 is 10.0 Å². The van der Waals surface area contributed by atoms with Crippen LogP contribution in [0.3, 0.4) is 0 Å². The summed E-state index contributed by atoms with van der Waals surface area (Å²) in [6.45, 7) is 1.42. The predicted octanol–water partition coefficient (Wildman–Crippen LogP) is 1.23. The molecule has 2 N–H and O–H groups in total. The van der Waals surface area contributed by atoms with Crippen LogP contribution in [-0.2, 0) is 10.2 Å². The normalized spacial score (nSPS) is 22.4. The highest BCUT2D eigenvalue weighted by Crippen LogP contribution is 2.34. The third-order valence-electron chi connectivity index (χ3n) is 5.92. The number of rotatable bonds is 4. The second kappa shape index (κ2) is 7.43. The number of piperidine rings is 1. The zero-order valence-corrected chi connectivity index (χ0v) is 17.2. The fraction of sp³-hybridized carbons (Fsp3) is 0.444. The molecule has 3 aromatic rings. The van der Waals surface area contributed by atoms with Gasteiger partial charge in [-0.2, -0.15) is 17.8 Å². The van der Waals surface area contributed by atoms with Gasteiger partial charge >= 0.3 is 0 Å². The molecule has 0 saturated carbocycles. The average molecular weight is 450 g/mol. The molecule has 0 spiro atoms. The van der Waals surface area contributed by atoms with Gasteiger partial charge in [0.2, 0.25) is 0 Å². The number of hydrogen-bond donors (Lipinski definition) is 1. The van der Waals surface area contributed by atoms with Crippen LogP contribution in [0.4, 0.5) is 14.6 Å². The maximum Gasteiger partial charge on any atom is 0.282 e. The summed E-state index contributed by atoms with van der Waals surface area (Å²) in [6.07, 6.45) is 2.04. The Balaban J connectivity index is 1.50. The molecule has 2 aliphatic rings. The molecule has 5 rings (SSSR count). The molecule has 2 fully saturated rings. The smallest absolute Gasteiger partial charge is 0.282 e. The van der Waals surface area contributed by atoms with E-state index in [0.29, 0.717) is 35.9 Å². The molecular formula is C18H20F2N8O2S. The Morgan fingerprint density at radius 1 is 1.16 bits per heavy atom. The number of anilines is 1. The number of hydrogen-bond acceptors (Lipinski definition) is 7. The van der Waals surface area contributed by atoms with Crippen molar-refractivity contribution in [2.75, 3.05) is 24.5 Å². The molecule has 0 bridgehead atoms. The molecule has 0 radical (unpaired) electrons. The molecule has 10 nitrogen and oxygen atoms in total. The Bertz CT molecular complexity index is 1230. The Kier molecular flexibility index (Phi) is 4.83. The van der Waals surface area contributed by atoms with Gasteiger partial charge in [-0.15, -0.1) is 0 Å². The van der Waals surface area contributed by atoms with E-state index in [4.69, 9.17) is 5.14 Å². The SMILES string of the molecule is NS(=O)(=O)N1CC2CCCN(c3cc(-c4cnc5ccc(C(F)F)nn45)ncn3)C2C1. The van der Waals surface area contributed by atoms with Gasteiger partial charge in [0.1, 0.15) is 23.5 Å². The van der Waals surface area contributed by atoms with Gasteiger partial charge in [0, 0.05) is 31.7 Å². The summed E-state index contributed by atoms with van der Waals surface area (Å²) in [5.74, 6) is 0.799. The number of halogens is 2. The lowest BCUT2D eigenvalue weighted by atomic mass is 9.92. The fourth-order valence-corrected chi connectivity index (χ4v) is 5.22. The number of nitrogens with two attached hydrogens (primary N) is 1. The molecule has 13 heteroatoms. The fourth-order valence-electron chi connectivity index (χ4n) is 4.46. The number of imidazole rings is 1. The second-order valence-corrected chi connectivity index (χ2v) is 9.31. The Labute approximate surface area is 176 Å². The Morgan fingerprint density at radius 3 is 2.77 bits per heavy atom. The lowest BCUT2D eigenvalue weighted by Gasteiger charge is -2.37. The van der Waals surface area contributed by atoms with E-state index >= 15 is 0 Å². The summed E-state index contributed by atoms with van der Waals surface area (Å²) in [7, 11) is -3.75. The Morgan fingerprint density at radius 2 is 2.00 bits per heavy atom. The molecule has 5 heterocycles. The summed E-state index contributed by atoms with van der Waals surface area (Å²) in [5, 5.41) is 9.32. The molecule has 2 saturated heterocycles. The Hall–Kier alpha value is -2.77. The molecule has 2 aliphatic heterocycles. The number of fused-ring (bicyclic) bond motifs is 2. The summed E-state index contributed by atoms with van der Waals surface area (Å²) >= 11 is 0. The zero-order valence-electron chi connectivity index (χ0n) is 16.3. The quantitative estimate of drug-likeness (QED) is 0.634. The van der Waals surface area contributed by atoms with Gasteiger partial charge < -0.3 is 4.90 Å². The van der Waals surface area contributed by atoms with Crippen molar-refractivity contribution in [3.05, 3.63) is 36.4 Å². The summed E-state index contributed by atoms with van der Waals surface area (Å²) in [6, 6.07) is 4.44. The molecule has 2 unspecified atom stereocenters. The van der Waals surface area contributed by atoms with E-state index in [1.165, 1.54) is 33.5 Å². The second-order valence-electron chi connectivity index (χ2n) is 7.76. The molecule has 0 aromatic carbocycles. The van der Waals surface area contributed by atoms with E-state index in [1.54, 1.807) is 6.07 Å². The van der Waals surface area contributed by atoms with E-state index in [9.17, 15) is 17.2 Å². The summed E-state index contributed by atoms with van der Waals surface area (Å²) in [4.78, 5) is 15.0. The van der Waals surface area contributed by atoms with Crippen molar-refractivity contribution < 1.29 is 17.2 Å². The molecular weight excluding hydrogens is 430 g/mol. The van der Waals surface area contributed by atoms with Crippen molar-refractivity contribution in [2.24, 2.45) is 11.1 Å². The van der Waals surface area contributed by atoms with Crippen LogP contribution in [-0.4, -0.2) is 63.0 Å². The highest BCUT2D eigenvalue weighted by Gasteiger charge is 2.42. The van der Waals surface area contributed by atoms with Gasteiger partial charge in [-0.05, 0) is 30.9 Å². The van der Waals surface area contributed by atoms with Crippen molar-refractivity contribution in [1.29, 1.82) is 0 Å². The van der Waals surface area contributed by atoms with Crippen LogP contribution in [0.2, 0.25) is 0 Å². The number of aromatic nitrogens is 5. The first-order valence-corrected chi connectivity index (χ1v) is 11.3. The third kappa shape index (κ3) is 3.62. The van der Waals surface area contributed by atoms with Crippen LogP contribution in [0.25, 0.3) is 17.0 Å². The lowest BCUT2D eigenvalue weighted by Crippen LogP contribution is -2.46. The lowest BCUT2D eigenvalue weighted by molar-refractivity contribution is 0.144. The van der Waals surface area contributed by atoms with E-state index in [-0.39, 0.29) is 17.7 Å². The van der Waals surface area contributed by atoms with Crippen LogP contribution in [0.5, 0.6) is 0 Å². The molecule has 164 valence electrons. The van der Waals surface area contributed by atoms with Crippen LogP contribution >= 0.6 is 0 Å². The van der Waals surface area contributed by atoms with Gasteiger partial charge in [-0.3, -0.25) is 0 Å². The first-order valence-electron chi connectivity index (χ1n) is 9.81. The van der Waals surface area contributed by atoms with Gasteiger partial charge in [0.05, 0.1) is 11.9 Å². The third-order valence-corrected chi connectivity index (χ3v) is 6.94. The van der Waals surface area contributed by atoms with Crippen LogP contribution in [0.1, 0.15) is 25.0 Å². The van der Waals surface area contributed by atoms with E-state index in [0.717, 1.165) is 19.4 Å². The highest BCUT2D eigenvalue weighted by molar-refractivity contribution is 7.86. The largest absolute Gasteiger partial charge is 0.352 e. The average Bonchev–Trinajstić information content (AvgIpc) is 3.37. The van der Waals surface area contributed by atoms with Gasteiger partial charge in [0.15, 0.2) is 5.65 Å². The molecule has 3 aromatic heterocycles.